The van der Waals surface area contributed by atoms with Crippen molar-refractivity contribution < 1.29 is 14.3 Å². The number of hydrogen-bond donors (Lipinski definition) is 1. The summed E-state index contributed by atoms with van der Waals surface area (Å²) in [5.74, 6) is -0.579. The van der Waals surface area contributed by atoms with Crippen molar-refractivity contribution in [3.05, 3.63) is 35.9 Å². The van der Waals surface area contributed by atoms with Gasteiger partial charge in [0.1, 0.15) is 5.54 Å². The molecule has 0 unspecified atom stereocenters. The summed E-state index contributed by atoms with van der Waals surface area (Å²) in [5.41, 5.74) is 0.231. The second kappa shape index (κ2) is 10.7. The van der Waals surface area contributed by atoms with Crippen molar-refractivity contribution in [3.63, 3.8) is 0 Å². The first-order valence-corrected chi connectivity index (χ1v) is 9.71. The first-order valence-electron chi connectivity index (χ1n) is 9.71. The number of nitrogens with zero attached hydrogens (tertiary/aromatic N) is 2. The maximum Gasteiger partial charge on any atom is 0.320 e. The van der Waals surface area contributed by atoms with Gasteiger partial charge >= 0.3 is 5.97 Å². The molecule has 1 aliphatic carbocycles. The van der Waals surface area contributed by atoms with Gasteiger partial charge in [-0.2, -0.15) is 5.26 Å². The van der Waals surface area contributed by atoms with E-state index in [4.69, 9.17) is 4.74 Å². The largest absolute Gasteiger partial charge is 0.465 e. The molecule has 1 aromatic carbocycles. The fourth-order valence-electron chi connectivity index (χ4n) is 3.50. The number of carbonyl (C=O) groups excluding carboxylic acids is 2. The second-order valence-electron chi connectivity index (χ2n) is 7.09. The van der Waals surface area contributed by atoms with Crippen molar-refractivity contribution in [1.82, 2.24) is 10.2 Å². The molecule has 1 aromatic rings. The number of nitrogens with one attached hydrogen (secondary N) is 1. The SMILES string of the molecule is CCOC(=O)CN(CC(=O)NC1(C#N)CCCCCC1)Cc1ccccc1. The third kappa shape index (κ3) is 7.03. The lowest BCUT2D eigenvalue weighted by molar-refractivity contribution is -0.144. The highest BCUT2D eigenvalue weighted by Crippen LogP contribution is 2.26. The van der Waals surface area contributed by atoms with Crippen LogP contribution in [0.25, 0.3) is 0 Å². The van der Waals surface area contributed by atoms with Crippen molar-refractivity contribution in [2.45, 2.75) is 57.5 Å². The fraction of sp³-hybridized carbons (Fsp3) is 0.571. The van der Waals surface area contributed by atoms with E-state index in [1.807, 2.05) is 30.3 Å². The van der Waals surface area contributed by atoms with Gasteiger partial charge in [-0.25, -0.2) is 0 Å². The van der Waals surface area contributed by atoms with Crippen LogP contribution < -0.4 is 5.32 Å². The molecule has 0 radical (unpaired) electrons. The number of carbonyl (C=O) groups is 2. The molecule has 27 heavy (non-hydrogen) atoms. The van der Waals surface area contributed by atoms with Gasteiger partial charge in [0.25, 0.3) is 0 Å². The van der Waals surface area contributed by atoms with Gasteiger partial charge in [0, 0.05) is 6.54 Å². The van der Waals surface area contributed by atoms with Gasteiger partial charge in [0.2, 0.25) is 5.91 Å². The number of rotatable bonds is 8. The van der Waals surface area contributed by atoms with E-state index >= 15 is 0 Å². The Hall–Kier alpha value is -2.39. The highest BCUT2D eigenvalue weighted by atomic mass is 16.5. The third-order valence-corrected chi connectivity index (χ3v) is 4.82. The average Bonchev–Trinajstić information content (AvgIpc) is 2.88. The first-order chi connectivity index (χ1) is 13.1. The fourth-order valence-corrected chi connectivity index (χ4v) is 3.50. The number of amides is 1. The lowest BCUT2D eigenvalue weighted by Crippen LogP contribution is -2.50. The van der Waals surface area contributed by atoms with Crippen LogP contribution in [-0.2, 0) is 20.9 Å². The number of ether oxygens (including phenoxy) is 1. The van der Waals surface area contributed by atoms with Crippen molar-refractivity contribution in [1.29, 1.82) is 5.26 Å². The summed E-state index contributed by atoms with van der Waals surface area (Å²) in [6.07, 6.45) is 5.47. The molecule has 1 aliphatic rings. The molecule has 0 spiro atoms. The maximum atomic E-state index is 12.7. The zero-order valence-electron chi connectivity index (χ0n) is 16.1. The molecule has 0 aliphatic heterocycles. The predicted octanol–water partition coefficient (Wildman–Crippen LogP) is 2.78. The van der Waals surface area contributed by atoms with Gasteiger partial charge in [-0.3, -0.25) is 14.5 Å². The first kappa shape index (κ1) is 20.9. The molecule has 1 amide bonds. The summed E-state index contributed by atoms with van der Waals surface area (Å²) in [6.45, 7) is 2.62. The summed E-state index contributed by atoms with van der Waals surface area (Å²) in [7, 11) is 0. The summed E-state index contributed by atoms with van der Waals surface area (Å²) in [5, 5.41) is 12.6. The summed E-state index contributed by atoms with van der Waals surface area (Å²) in [6, 6.07) is 12.0. The molecule has 6 heteroatoms. The van der Waals surface area contributed by atoms with E-state index in [2.05, 4.69) is 11.4 Å². The normalized spacial score (nSPS) is 16.2. The molecule has 0 atom stereocenters. The van der Waals surface area contributed by atoms with Crippen molar-refractivity contribution in [3.8, 4) is 6.07 Å². The van der Waals surface area contributed by atoms with E-state index in [1.165, 1.54) is 0 Å². The van der Waals surface area contributed by atoms with Gasteiger partial charge in [-0.1, -0.05) is 56.0 Å². The van der Waals surface area contributed by atoms with Crippen molar-refractivity contribution >= 4 is 11.9 Å². The zero-order chi connectivity index (χ0) is 19.5. The van der Waals surface area contributed by atoms with Crippen LogP contribution in [0.2, 0.25) is 0 Å². The Labute approximate surface area is 161 Å². The van der Waals surface area contributed by atoms with Crippen LogP contribution in [0.1, 0.15) is 51.0 Å². The smallest absolute Gasteiger partial charge is 0.320 e. The summed E-state index contributed by atoms with van der Waals surface area (Å²) in [4.78, 5) is 26.4. The standard InChI is InChI=1S/C21H29N3O3/c1-2-27-20(26)16-24(14-18-10-6-5-7-11-18)15-19(25)23-21(17-22)12-8-3-4-9-13-21/h5-7,10-11H,2-4,8-9,12-16H2,1H3,(H,23,25). The van der Waals surface area contributed by atoms with Crippen LogP contribution in [0.15, 0.2) is 30.3 Å². The van der Waals surface area contributed by atoms with Crippen LogP contribution in [0, 0.1) is 11.3 Å². The van der Waals surface area contributed by atoms with Crippen LogP contribution >= 0.6 is 0 Å². The summed E-state index contributed by atoms with van der Waals surface area (Å²) < 4.78 is 5.03. The van der Waals surface area contributed by atoms with Gasteiger partial charge in [0.15, 0.2) is 0 Å². The quantitative estimate of drug-likeness (QED) is 0.561. The van der Waals surface area contributed by atoms with E-state index in [0.29, 0.717) is 26.0 Å². The second-order valence-corrected chi connectivity index (χ2v) is 7.09. The van der Waals surface area contributed by atoms with Gasteiger partial charge in [-0.05, 0) is 25.3 Å². The molecule has 1 fully saturated rings. The monoisotopic (exact) mass is 371 g/mol. The van der Waals surface area contributed by atoms with E-state index in [9.17, 15) is 14.9 Å². The Bertz CT molecular complexity index is 646. The number of nitriles is 1. The van der Waals surface area contributed by atoms with Gasteiger partial charge in [-0.15, -0.1) is 0 Å². The number of esters is 1. The molecule has 0 aromatic heterocycles. The molecule has 0 saturated heterocycles. The minimum absolute atomic E-state index is 0.0374. The zero-order valence-corrected chi connectivity index (χ0v) is 16.1. The topological polar surface area (TPSA) is 82.4 Å². The molecular weight excluding hydrogens is 342 g/mol. The lowest BCUT2D eigenvalue weighted by Gasteiger charge is -2.28. The molecule has 0 bridgehead atoms. The molecule has 146 valence electrons. The third-order valence-electron chi connectivity index (χ3n) is 4.82. The van der Waals surface area contributed by atoms with Gasteiger partial charge in [0.05, 0.1) is 25.8 Å². The van der Waals surface area contributed by atoms with Crippen LogP contribution in [-0.4, -0.2) is 42.0 Å². The average molecular weight is 371 g/mol. The van der Waals surface area contributed by atoms with Crippen molar-refractivity contribution in [2.24, 2.45) is 0 Å². The molecule has 2 rings (SSSR count). The lowest BCUT2D eigenvalue weighted by atomic mass is 9.92. The Balaban J connectivity index is 2.02. The molecule has 1 N–H and O–H groups in total. The van der Waals surface area contributed by atoms with E-state index in [-0.39, 0.29) is 25.0 Å². The Morgan fingerprint density at radius 2 is 1.81 bits per heavy atom. The van der Waals surface area contributed by atoms with E-state index in [1.54, 1.807) is 11.8 Å². The Kier molecular flexibility index (Phi) is 8.28. The van der Waals surface area contributed by atoms with Crippen LogP contribution in [0.5, 0.6) is 0 Å². The number of hydrogen-bond acceptors (Lipinski definition) is 5. The summed E-state index contributed by atoms with van der Waals surface area (Å²) >= 11 is 0. The van der Waals surface area contributed by atoms with Crippen LogP contribution in [0.3, 0.4) is 0 Å². The minimum Gasteiger partial charge on any atom is -0.465 e. The number of benzene rings is 1. The van der Waals surface area contributed by atoms with Crippen molar-refractivity contribution in [2.75, 3.05) is 19.7 Å². The maximum absolute atomic E-state index is 12.7. The highest BCUT2D eigenvalue weighted by Gasteiger charge is 2.33. The van der Waals surface area contributed by atoms with E-state index in [0.717, 1.165) is 31.2 Å². The van der Waals surface area contributed by atoms with Crippen LogP contribution in [0.4, 0.5) is 0 Å². The molecule has 6 nitrogen and oxygen atoms in total. The Morgan fingerprint density at radius 3 is 2.41 bits per heavy atom. The molecule has 0 heterocycles. The highest BCUT2D eigenvalue weighted by molar-refractivity contribution is 5.80. The van der Waals surface area contributed by atoms with Gasteiger partial charge < -0.3 is 10.1 Å². The minimum atomic E-state index is -0.782. The van der Waals surface area contributed by atoms with E-state index < -0.39 is 5.54 Å². The predicted molar refractivity (Wildman–Crippen MR) is 103 cm³/mol. The Morgan fingerprint density at radius 1 is 1.15 bits per heavy atom. The molecular formula is C21H29N3O3. The molecule has 1 saturated carbocycles.